The number of hydrogen-bond acceptors (Lipinski definition) is 10. The zero-order chi connectivity index (χ0) is 60.3. The summed E-state index contributed by atoms with van der Waals surface area (Å²) in [5.41, 5.74) is 0. The Kier molecular flexibility index (Phi) is 55.1. The molecule has 8 unspecified atom stereocenters. The van der Waals surface area contributed by atoms with Gasteiger partial charge in [-0.05, 0) is 70.6 Å². The molecule has 8 atom stereocenters. The Balaban J connectivity index is 2.62. The fourth-order valence-corrected chi connectivity index (χ4v) is 10.3. The SMILES string of the molecule is CC\C=C/C=C/C=C/C=C\C=C\C=C\CCCCC(O)C(=O)NC(COC1OC(CO)C(O)C(O)C1OC(=O)CCCCCCCCCCCCCCCCC/C=C/CCCCCCCC)C(O)/C=C/CCCCCCCCCCCCC. The maximum atomic E-state index is 13.4. The number of hydrogen-bond donors (Lipinski definition) is 6. The van der Waals surface area contributed by atoms with Crippen LogP contribution in [0.1, 0.15) is 284 Å². The number of aliphatic hydroxyl groups excluding tert-OH is 5. The average molecular weight is 1160 g/mol. The van der Waals surface area contributed by atoms with E-state index in [1.165, 1.54) is 173 Å². The number of aliphatic hydroxyl groups is 5. The van der Waals surface area contributed by atoms with Crippen LogP contribution in [-0.2, 0) is 23.8 Å². The van der Waals surface area contributed by atoms with E-state index in [1.807, 2.05) is 72.9 Å². The van der Waals surface area contributed by atoms with Gasteiger partial charge in [-0.2, -0.15) is 0 Å². The number of carbonyl (C=O) groups is 2. The lowest BCUT2D eigenvalue weighted by Gasteiger charge is -2.41. The second kappa shape index (κ2) is 58.9. The van der Waals surface area contributed by atoms with Crippen molar-refractivity contribution in [2.24, 2.45) is 0 Å². The molecule has 1 aliphatic rings. The first kappa shape index (κ1) is 77.6. The van der Waals surface area contributed by atoms with Crippen molar-refractivity contribution < 1.29 is 49.3 Å². The number of rotatable bonds is 57. The Morgan fingerprint density at radius 3 is 1.34 bits per heavy atom. The summed E-state index contributed by atoms with van der Waals surface area (Å²) in [7, 11) is 0. The number of allylic oxidation sites excluding steroid dienone is 15. The van der Waals surface area contributed by atoms with Gasteiger partial charge in [-0.15, -0.1) is 0 Å². The number of unbranched alkanes of at least 4 members (excludes halogenated alkanes) is 34. The maximum absolute atomic E-state index is 13.4. The molecule has 6 N–H and O–H groups in total. The minimum Gasteiger partial charge on any atom is -0.454 e. The van der Waals surface area contributed by atoms with E-state index in [2.05, 4.69) is 44.3 Å². The number of esters is 1. The van der Waals surface area contributed by atoms with E-state index >= 15 is 0 Å². The van der Waals surface area contributed by atoms with Crippen molar-refractivity contribution in [1.29, 1.82) is 0 Å². The first-order valence-corrected chi connectivity index (χ1v) is 34.1. The van der Waals surface area contributed by atoms with E-state index in [9.17, 15) is 35.1 Å². The van der Waals surface area contributed by atoms with Crippen molar-refractivity contribution in [2.75, 3.05) is 13.2 Å². The minimum atomic E-state index is -1.63. The van der Waals surface area contributed by atoms with Gasteiger partial charge in [0.2, 0.25) is 5.91 Å². The highest BCUT2D eigenvalue weighted by atomic mass is 16.7. The van der Waals surface area contributed by atoms with E-state index < -0.39 is 67.4 Å². The molecule has 0 aromatic carbocycles. The van der Waals surface area contributed by atoms with E-state index in [-0.39, 0.29) is 19.4 Å². The standard InChI is InChI=1S/C72H125NO10/c1-4-7-10-13-16-19-22-25-27-29-30-31-32-33-34-35-36-37-39-42-45-48-51-54-57-60-67(77)83-70-69(79)68(78)66(61-74)82-72(70)81-62-63(64(75)58-55-52-49-46-43-40-24-21-18-15-12-9-6-3)73-71(80)65(76)59-56-53-50-47-44-41-38-28-26-23-20-17-14-11-8-5-2/h8,11,14,17,20,23,25-28,38,41,44,47,55,58,63-66,68-70,72,74-76,78-79H,4-7,9-10,12-13,15-16,18-19,21-22,24,29-37,39-40,42-43,45-46,48-54,56-57,59-62H2,1-3H3,(H,73,80)/b11-8-,17-14+,23-20+,27-25+,28-26-,41-38+,47-44+,58-55+. The number of carbonyl (C=O) groups excluding carboxylic acids is 2. The molecule has 478 valence electrons. The van der Waals surface area contributed by atoms with Crippen molar-refractivity contribution in [1.82, 2.24) is 5.32 Å². The second-order valence-electron chi connectivity index (χ2n) is 23.3. The Morgan fingerprint density at radius 2 is 0.880 bits per heavy atom. The molecule has 1 saturated heterocycles. The largest absolute Gasteiger partial charge is 0.454 e. The fourth-order valence-electron chi connectivity index (χ4n) is 10.3. The van der Waals surface area contributed by atoms with E-state index in [0.717, 1.165) is 64.2 Å². The van der Waals surface area contributed by atoms with Gasteiger partial charge < -0.3 is 45.1 Å². The highest BCUT2D eigenvalue weighted by Crippen LogP contribution is 2.26. The van der Waals surface area contributed by atoms with Gasteiger partial charge in [0.15, 0.2) is 12.4 Å². The summed E-state index contributed by atoms with van der Waals surface area (Å²) in [5, 5.41) is 57.1. The third kappa shape index (κ3) is 46.5. The quantitative estimate of drug-likeness (QED) is 0.0149. The minimum absolute atomic E-state index is 0.115. The van der Waals surface area contributed by atoms with Crippen LogP contribution in [0.4, 0.5) is 0 Å². The lowest BCUT2D eigenvalue weighted by Crippen LogP contribution is -2.61. The maximum Gasteiger partial charge on any atom is 0.306 e. The summed E-state index contributed by atoms with van der Waals surface area (Å²) in [6.45, 7) is 5.63. The van der Waals surface area contributed by atoms with Crippen LogP contribution >= 0.6 is 0 Å². The predicted octanol–water partition coefficient (Wildman–Crippen LogP) is 17.1. The Bertz CT molecular complexity index is 1720. The van der Waals surface area contributed by atoms with Gasteiger partial charge >= 0.3 is 5.97 Å². The van der Waals surface area contributed by atoms with Crippen LogP contribution in [-0.4, -0.2) is 99.6 Å². The van der Waals surface area contributed by atoms with Crippen LogP contribution in [0.3, 0.4) is 0 Å². The molecule has 0 aromatic heterocycles. The van der Waals surface area contributed by atoms with Crippen LogP contribution in [0.15, 0.2) is 97.2 Å². The fraction of sp³-hybridized carbons (Fsp3) is 0.750. The molecule has 1 fully saturated rings. The van der Waals surface area contributed by atoms with Crippen LogP contribution < -0.4 is 5.32 Å². The van der Waals surface area contributed by atoms with Gasteiger partial charge in [-0.3, -0.25) is 9.59 Å². The first-order chi connectivity index (χ1) is 40.7. The summed E-state index contributed by atoms with van der Waals surface area (Å²) in [4.78, 5) is 26.6. The monoisotopic (exact) mass is 1160 g/mol. The highest BCUT2D eigenvalue weighted by Gasteiger charge is 2.47. The van der Waals surface area contributed by atoms with Crippen LogP contribution in [0.2, 0.25) is 0 Å². The van der Waals surface area contributed by atoms with Crippen LogP contribution in [0.5, 0.6) is 0 Å². The Hall–Kier alpha value is -3.42. The molecule has 1 aliphatic heterocycles. The summed E-state index contributed by atoms with van der Waals surface area (Å²) in [6.07, 6.45) is 68.8. The van der Waals surface area contributed by atoms with Gasteiger partial charge in [-0.25, -0.2) is 0 Å². The van der Waals surface area contributed by atoms with E-state index in [1.54, 1.807) is 6.08 Å². The van der Waals surface area contributed by atoms with Crippen molar-refractivity contribution in [3.8, 4) is 0 Å². The van der Waals surface area contributed by atoms with Crippen LogP contribution in [0.25, 0.3) is 0 Å². The molecule has 11 nitrogen and oxygen atoms in total. The third-order valence-electron chi connectivity index (χ3n) is 15.6. The molecule has 0 bridgehead atoms. The molecule has 1 rings (SSSR count). The smallest absolute Gasteiger partial charge is 0.306 e. The number of nitrogens with one attached hydrogen (secondary N) is 1. The summed E-state index contributed by atoms with van der Waals surface area (Å²) < 4.78 is 17.7. The molecule has 11 heteroatoms. The second-order valence-corrected chi connectivity index (χ2v) is 23.3. The summed E-state index contributed by atoms with van der Waals surface area (Å²) in [6, 6.07) is -1.05. The van der Waals surface area contributed by atoms with Gasteiger partial charge in [0.25, 0.3) is 0 Å². The zero-order valence-corrected chi connectivity index (χ0v) is 53.0. The lowest BCUT2D eigenvalue weighted by molar-refractivity contribution is -0.305. The van der Waals surface area contributed by atoms with Crippen molar-refractivity contribution in [2.45, 2.75) is 333 Å². The molecule has 0 saturated carbocycles. The molecule has 1 heterocycles. The topological polar surface area (TPSA) is 175 Å². The first-order valence-electron chi connectivity index (χ1n) is 34.1. The molecule has 0 radical (unpaired) electrons. The van der Waals surface area contributed by atoms with Gasteiger partial charge in [0.05, 0.1) is 25.4 Å². The number of amides is 1. The molecular weight excluding hydrogens is 1040 g/mol. The predicted molar refractivity (Wildman–Crippen MR) is 347 cm³/mol. The summed E-state index contributed by atoms with van der Waals surface area (Å²) in [5.74, 6) is -1.24. The van der Waals surface area contributed by atoms with Gasteiger partial charge in [-0.1, -0.05) is 304 Å². The van der Waals surface area contributed by atoms with Gasteiger partial charge in [0.1, 0.15) is 24.4 Å². The molecule has 1 amide bonds. The highest BCUT2D eigenvalue weighted by molar-refractivity contribution is 5.80. The van der Waals surface area contributed by atoms with E-state index in [4.69, 9.17) is 14.2 Å². The van der Waals surface area contributed by atoms with Crippen molar-refractivity contribution in [3.63, 3.8) is 0 Å². The normalized spacial score (nSPS) is 19.2. The Labute approximate surface area is 507 Å². The number of ether oxygens (including phenoxy) is 3. The molecule has 0 aromatic rings. The molecular formula is C72H125NO10. The molecule has 0 aliphatic carbocycles. The molecule has 0 spiro atoms. The van der Waals surface area contributed by atoms with Gasteiger partial charge in [0, 0.05) is 6.42 Å². The van der Waals surface area contributed by atoms with Crippen molar-refractivity contribution >= 4 is 11.9 Å². The summed E-state index contributed by atoms with van der Waals surface area (Å²) >= 11 is 0. The van der Waals surface area contributed by atoms with E-state index in [0.29, 0.717) is 12.8 Å². The van der Waals surface area contributed by atoms with Crippen LogP contribution in [0, 0.1) is 0 Å². The van der Waals surface area contributed by atoms with Crippen molar-refractivity contribution in [3.05, 3.63) is 97.2 Å². The zero-order valence-electron chi connectivity index (χ0n) is 53.0. The Morgan fingerprint density at radius 1 is 0.482 bits per heavy atom. The lowest BCUT2D eigenvalue weighted by atomic mass is 9.99. The average Bonchev–Trinajstić information content (AvgIpc) is 3.67. The molecule has 83 heavy (non-hydrogen) atoms. The third-order valence-corrected chi connectivity index (χ3v) is 15.6.